The summed E-state index contributed by atoms with van der Waals surface area (Å²) in [7, 11) is 0. The number of fused-ring (bicyclic) bond motifs is 8. The Labute approximate surface area is 325 Å². The van der Waals surface area contributed by atoms with Gasteiger partial charge in [0.2, 0.25) is 0 Å². The first kappa shape index (κ1) is 32.0. The van der Waals surface area contributed by atoms with Crippen molar-refractivity contribution in [2.75, 3.05) is 4.90 Å². The van der Waals surface area contributed by atoms with Crippen LogP contribution in [0.5, 0.6) is 0 Å². The number of thiophene rings is 1. The van der Waals surface area contributed by atoms with E-state index < -0.39 is 0 Å². The minimum absolute atomic E-state index is 0.0579. The Morgan fingerprint density at radius 2 is 1.02 bits per heavy atom. The van der Waals surface area contributed by atoms with Gasteiger partial charge in [0.25, 0.3) is 0 Å². The van der Waals surface area contributed by atoms with Crippen LogP contribution in [0.1, 0.15) is 25.0 Å². The van der Waals surface area contributed by atoms with Crippen molar-refractivity contribution >= 4 is 70.1 Å². The van der Waals surface area contributed by atoms with E-state index in [1.54, 1.807) is 0 Å². The second-order valence-electron chi connectivity index (χ2n) is 15.3. The summed E-state index contributed by atoms with van der Waals surface area (Å²) in [6, 6.07) is 69.7. The van der Waals surface area contributed by atoms with Gasteiger partial charge in [0, 0.05) is 42.5 Å². The van der Waals surface area contributed by atoms with Gasteiger partial charge < -0.3 is 4.90 Å². The van der Waals surface area contributed by atoms with E-state index >= 15 is 0 Å². The van der Waals surface area contributed by atoms with Crippen LogP contribution in [-0.2, 0) is 5.41 Å². The number of nitrogens with zero attached hydrogens (tertiary/aromatic N) is 1. The van der Waals surface area contributed by atoms with Crippen LogP contribution >= 0.6 is 11.3 Å². The Morgan fingerprint density at radius 1 is 0.382 bits per heavy atom. The Balaban J connectivity index is 1.09. The van der Waals surface area contributed by atoms with Crippen molar-refractivity contribution in [2.45, 2.75) is 19.3 Å². The molecule has 0 atom stereocenters. The molecule has 0 N–H and O–H groups in total. The molecule has 0 saturated heterocycles. The normalized spacial score (nSPS) is 13.1. The van der Waals surface area contributed by atoms with E-state index in [1.165, 1.54) is 86.2 Å². The minimum atomic E-state index is -0.0579. The first-order valence-electron chi connectivity index (χ1n) is 19.1. The lowest BCUT2D eigenvalue weighted by Gasteiger charge is -2.29. The molecule has 0 saturated carbocycles. The van der Waals surface area contributed by atoms with Gasteiger partial charge >= 0.3 is 0 Å². The topological polar surface area (TPSA) is 3.24 Å². The van der Waals surface area contributed by atoms with Crippen LogP contribution in [-0.4, -0.2) is 0 Å². The predicted molar refractivity (Wildman–Crippen MR) is 237 cm³/mol. The zero-order chi connectivity index (χ0) is 36.7. The van der Waals surface area contributed by atoms with Crippen LogP contribution in [0.3, 0.4) is 0 Å². The molecular weight excluding hydrogens is 683 g/mol. The molecule has 0 unspecified atom stereocenters. The SMILES string of the molecule is CC1(C)c2ccccc2-c2cc(N(c3ccc(-c4cccc5cc6c(cc45)sc4ccccc46)cc3)c3ccccc3-c3cccc4ccccc34)ccc21. The summed E-state index contributed by atoms with van der Waals surface area (Å²) in [5, 5.41) is 7.71. The van der Waals surface area contributed by atoms with Crippen molar-refractivity contribution in [1.29, 1.82) is 0 Å². The average Bonchev–Trinajstić information content (AvgIpc) is 3.71. The summed E-state index contributed by atoms with van der Waals surface area (Å²) >= 11 is 1.88. The molecule has 2 heteroatoms. The van der Waals surface area contributed by atoms with Gasteiger partial charge in [-0.3, -0.25) is 0 Å². The van der Waals surface area contributed by atoms with Gasteiger partial charge in [0.05, 0.1) is 5.69 Å². The van der Waals surface area contributed by atoms with Gasteiger partial charge in [-0.2, -0.15) is 0 Å². The van der Waals surface area contributed by atoms with Crippen molar-refractivity contribution in [2.24, 2.45) is 0 Å². The third-order valence-electron chi connectivity index (χ3n) is 11.9. The van der Waals surface area contributed by atoms with Gasteiger partial charge in [-0.1, -0.05) is 153 Å². The monoisotopic (exact) mass is 719 g/mol. The van der Waals surface area contributed by atoms with Gasteiger partial charge in [-0.25, -0.2) is 0 Å². The van der Waals surface area contributed by atoms with Gasteiger partial charge in [-0.05, 0) is 109 Å². The maximum atomic E-state index is 2.46. The van der Waals surface area contributed by atoms with E-state index in [2.05, 4.69) is 207 Å². The summed E-state index contributed by atoms with van der Waals surface area (Å²) in [5.74, 6) is 0. The van der Waals surface area contributed by atoms with E-state index in [1.807, 2.05) is 11.3 Å². The molecule has 260 valence electrons. The highest BCUT2D eigenvalue weighted by atomic mass is 32.1. The molecule has 0 amide bonds. The number of benzene rings is 9. The zero-order valence-corrected chi connectivity index (χ0v) is 31.6. The van der Waals surface area contributed by atoms with Crippen molar-refractivity contribution in [1.82, 2.24) is 0 Å². The number of para-hydroxylation sites is 1. The largest absolute Gasteiger partial charge is 0.310 e. The van der Waals surface area contributed by atoms with Crippen molar-refractivity contribution in [3.8, 4) is 33.4 Å². The van der Waals surface area contributed by atoms with Gasteiger partial charge in [-0.15, -0.1) is 11.3 Å². The molecule has 1 nitrogen and oxygen atoms in total. The molecule has 55 heavy (non-hydrogen) atoms. The highest BCUT2D eigenvalue weighted by Gasteiger charge is 2.35. The molecular formula is C53H37NS. The fourth-order valence-electron chi connectivity index (χ4n) is 9.17. The maximum Gasteiger partial charge on any atom is 0.0540 e. The molecule has 10 aromatic rings. The van der Waals surface area contributed by atoms with Crippen molar-refractivity contribution in [3.05, 3.63) is 199 Å². The first-order valence-corrected chi connectivity index (χ1v) is 19.9. The summed E-state index contributed by atoms with van der Waals surface area (Å²) in [5.41, 5.74) is 13.6. The van der Waals surface area contributed by atoms with Crippen LogP contribution in [0.2, 0.25) is 0 Å². The van der Waals surface area contributed by atoms with E-state index in [9.17, 15) is 0 Å². The molecule has 1 heterocycles. The Morgan fingerprint density at radius 3 is 1.89 bits per heavy atom. The van der Waals surface area contributed by atoms with Crippen LogP contribution in [0.4, 0.5) is 17.1 Å². The predicted octanol–water partition coefficient (Wildman–Crippen LogP) is 15.5. The maximum absolute atomic E-state index is 2.46. The van der Waals surface area contributed by atoms with Crippen LogP contribution in [0.15, 0.2) is 188 Å². The highest BCUT2D eigenvalue weighted by Crippen LogP contribution is 2.51. The van der Waals surface area contributed by atoms with E-state index in [0.717, 1.165) is 17.1 Å². The molecule has 0 bridgehead atoms. The number of hydrogen-bond acceptors (Lipinski definition) is 2. The molecule has 0 spiro atoms. The first-order chi connectivity index (χ1) is 27.0. The zero-order valence-electron chi connectivity index (χ0n) is 30.8. The number of anilines is 3. The third kappa shape index (κ3) is 4.99. The fourth-order valence-corrected chi connectivity index (χ4v) is 10.3. The standard InChI is InChI=1S/C53H37NS/c1-53(2)48-22-8-5-17-42(48)46-32-38(29-30-49(46)53)54(50-23-9-6-18-43(50)41-21-11-14-34-13-3-4-16-39(34)41)37-27-25-35(26-28-37)40-20-12-15-36-31-47-44-19-7-10-24-51(44)55-52(47)33-45(36)40/h3-33H,1-2H3. The summed E-state index contributed by atoms with van der Waals surface area (Å²) in [6.45, 7) is 4.70. The second kappa shape index (κ2) is 12.3. The molecule has 1 aliphatic rings. The lowest BCUT2D eigenvalue weighted by molar-refractivity contribution is 0.660. The van der Waals surface area contributed by atoms with Crippen LogP contribution < -0.4 is 4.90 Å². The van der Waals surface area contributed by atoms with Crippen molar-refractivity contribution in [3.63, 3.8) is 0 Å². The third-order valence-corrected chi connectivity index (χ3v) is 13.0. The Kier molecular flexibility index (Phi) is 7.14. The Hall–Kier alpha value is -6.48. The minimum Gasteiger partial charge on any atom is -0.310 e. The summed E-state index contributed by atoms with van der Waals surface area (Å²) in [4.78, 5) is 2.46. The average molecular weight is 720 g/mol. The second-order valence-corrected chi connectivity index (χ2v) is 16.4. The Bertz CT molecular complexity index is 3120. The lowest BCUT2D eigenvalue weighted by Crippen LogP contribution is -2.15. The van der Waals surface area contributed by atoms with E-state index in [4.69, 9.17) is 0 Å². The van der Waals surface area contributed by atoms with Gasteiger partial charge in [0.1, 0.15) is 0 Å². The molecule has 1 aliphatic carbocycles. The molecule has 1 aromatic heterocycles. The molecule has 0 aliphatic heterocycles. The summed E-state index contributed by atoms with van der Waals surface area (Å²) in [6.07, 6.45) is 0. The summed E-state index contributed by atoms with van der Waals surface area (Å²) < 4.78 is 2.66. The highest BCUT2D eigenvalue weighted by molar-refractivity contribution is 7.25. The van der Waals surface area contributed by atoms with Crippen LogP contribution in [0.25, 0.3) is 75.1 Å². The van der Waals surface area contributed by atoms with Crippen LogP contribution in [0, 0.1) is 0 Å². The lowest BCUT2D eigenvalue weighted by atomic mass is 9.82. The van der Waals surface area contributed by atoms with Gasteiger partial charge in [0.15, 0.2) is 0 Å². The fraction of sp³-hybridized carbons (Fsp3) is 0.0566. The molecule has 9 aromatic carbocycles. The number of hydrogen-bond donors (Lipinski definition) is 0. The molecule has 11 rings (SSSR count). The van der Waals surface area contributed by atoms with Crippen molar-refractivity contribution < 1.29 is 0 Å². The smallest absolute Gasteiger partial charge is 0.0540 e. The molecule has 0 radical (unpaired) electrons. The van der Waals surface area contributed by atoms with E-state index in [0.29, 0.717) is 0 Å². The number of rotatable bonds is 5. The van der Waals surface area contributed by atoms with E-state index in [-0.39, 0.29) is 5.41 Å². The molecule has 0 fully saturated rings. The quantitative estimate of drug-likeness (QED) is 0.171.